The highest BCUT2D eigenvalue weighted by molar-refractivity contribution is 6.16. The summed E-state index contributed by atoms with van der Waals surface area (Å²) < 4.78 is 10.4. The monoisotopic (exact) mass is 296 g/mol. The quantitative estimate of drug-likeness (QED) is 0.884. The van der Waals surface area contributed by atoms with Crippen LogP contribution in [0.3, 0.4) is 0 Å². The summed E-state index contributed by atoms with van der Waals surface area (Å²) in [6.07, 6.45) is 2.37. The first-order valence-corrected chi connectivity index (χ1v) is 6.92. The van der Waals surface area contributed by atoms with E-state index < -0.39 is 0 Å². The first kappa shape index (κ1) is 14.2. The van der Waals surface area contributed by atoms with Gasteiger partial charge in [-0.3, -0.25) is 4.79 Å². The van der Waals surface area contributed by atoms with Gasteiger partial charge in [0.15, 0.2) is 17.3 Å². The van der Waals surface area contributed by atoms with Gasteiger partial charge in [0, 0.05) is 23.1 Å². The Morgan fingerprint density at radius 3 is 2.59 bits per heavy atom. The van der Waals surface area contributed by atoms with Gasteiger partial charge in [-0.05, 0) is 29.8 Å². The lowest BCUT2D eigenvalue weighted by atomic mass is 10.1. The van der Waals surface area contributed by atoms with E-state index in [-0.39, 0.29) is 11.5 Å². The molecule has 3 rings (SSSR count). The number of phenolic OH excluding ortho intramolecular Hbond substituents is 1. The fourth-order valence-corrected chi connectivity index (χ4v) is 2.70. The number of ketones is 1. The van der Waals surface area contributed by atoms with Crippen LogP contribution in [0.25, 0.3) is 6.08 Å². The summed E-state index contributed by atoms with van der Waals surface area (Å²) in [7, 11) is 3.10. The fraction of sp³-hybridized carbons (Fsp3) is 0.167. The molecule has 0 aromatic heterocycles. The van der Waals surface area contributed by atoms with Crippen LogP contribution in [-0.2, 0) is 6.42 Å². The Balaban J connectivity index is 1.99. The van der Waals surface area contributed by atoms with Crippen LogP contribution < -0.4 is 9.47 Å². The Kier molecular flexibility index (Phi) is 3.59. The molecule has 0 atom stereocenters. The maximum Gasteiger partial charge on any atom is 0.189 e. The number of methoxy groups -OCH3 is 2. The van der Waals surface area contributed by atoms with Crippen LogP contribution >= 0.6 is 0 Å². The maximum atomic E-state index is 12.5. The second-order valence-corrected chi connectivity index (χ2v) is 5.09. The van der Waals surface area contributed by atoms with Gasteiger partial charge in [0.25, 0.3) is 0 Å². The van der Waals surface area contributed by atoms with Gasteiger partial charge in [-0.25, -0.2) is 0 Å². The molecule has 2 aromatic rings. The Morgan fingerprint density at radius 2 is 1.86 bits per heavy atom. The number of benzene rings is 2. The lowest BCUT2D eigenvalue weighted by molar-refractivity contribution is 0.104. The Hall–Kier alpha value is -2.75. The number of allylic oxidation sites excluding steroid dienone is 1. The van der Waals surface area contributed by atoms with Crippen molar-refractivity contribution in [3.05, 3.63) is 58.7 Å². The number of phenols is 1. The van der Waals surface area contributed by atoms with Crippen LogP contribution in [0.15, 0.2) is 42.0 Å². The molecule has 0 radical (unpaired) electrons. The Labute approximate surface area is 128 Å². The number of carbonyl (C=O) groups is 1. The molecule has 0 unspecified atom stereocenters. The first-order chi connectivity index (χ1) is 10.6. The molecule has 2 aromatic carbocycles. The second-order valence-electron chi connectivity index (χ2n) is 5.09. The predicted octanol–water partition coefficient (Wildman–Crippen LogP) is 3.23. The van der Waals surface area contributed by atoms with Crippen LogP contribution in [0.1, 0.15) is 21.5 Å². The van der Waals surface area contributed by atoms with Crippen molar-refractivity contribution in [1.29, 1.82) is 0 Å². The summed E-state index contributed by atoms with van der Waals surface area (Å²) in [6, 6.07) is 10.5. The molecule has 0 bridgehead atoms. The zero-order valence-corrected chi connectivity index (χ0v) is 12.4. The third-order valence-corrected chi connectivity index (χ3v) is 3.80. The van der Waals surface area contributed by atoms with Gasteiger partial charge in [-0.15, -0.1) is 0 Å². The summed E-state index contributed by atoms with van der Waals surface area (Å²) >= 11 is 0. The van der Waals surface area contributed by atoms with Crippen LogP contribution in [0.4, 0.5) is 0 Å². The normalized spacial score (nSPS) is 15.0. The molecule has 4 heteroatoms. The van der Waals surface area contributed by atoms with Gasteiger partial charge in [-0.1, -0.05) is 18.2 Å². The van der Waals surface area contributed by atoms with Crippen molar-refractivity contribution >= 4 is 11.9 Å². The summed E-state index contributed by atoms with van der Waals surface area (Å²) in [5.41, 5.74) is 3.13. The topological polar surface area (TPSA) is 55.8 Å². The van der Waals surface area contributed by atoms with E-state index in [2.05, 4.69) is 0 Å². The average Bonchev–Trinajstić information content (AvgIpc) is 2.85. The molecule has 0 spiro atoms. The summed E-state index contributed by atoms with van der Waals surface area (Å²) in [5, 5.41) is 9.63. The number of rotatable bonds is 3. The number of carbonyl (C=O) groups excluding carboxylic acids is 1. The van der Waals surface area contributed by atoms with E-state index in [9.17, 15) is 9.90 Å². The van der Waals surface area contributed by atoms with E-state index in [1.807, 2.05) is 24.3 Å². The Bertz CT molecular complexity index is 775. The third kappa shape index (κ3) is 2.33. The number of hydrogen-bond acceptors (Lipinski definition) is 4. The van der Waals surface area contributed by atoms with Gasteiger partial charge in [-0.2, -0.15) is 0 Å². The minimum Gasteiger partial charge on any atom is -0.504 e. The van der Waals surface area contributed by atoms with Crippen LogP contribution in [0, 0.1) is 0 Å². The number of fused-ring (bicyclic) bond motifs is 1. The number of aromatic hydroxyl groups is 1. The second kappa shape index (κ2) is 5.56. The van der Waals surface area contributed by atoms with Gasteiger partial charge in [0.05, 0.1) is 14.2 Å². The van der Waals surface area contributed by atoms with Crippen molar-refractivity contribution in [3.8, 4) is 17.2 Å². The van der Waals surface area contributed by atoms with E-state index in [0.29, 0.717) is 23.3 Å². The highest BCUT2D eigenvalue weighted by Gasteiger charge is 2.27. The summed E-state index contributed by atoms with van der Waals surface area (Å²) in [6.45, 7) is 0. The maximum absolute atomic E-state index is 12.5. The average molecular weight is 296 g/mol. The van der Waals surface area contributed by atoms with E-state index in [1.54, 1.807) is 25.3 Å². The lowest BCUT2D eigenvalue weighted by Crippen LogP contribution is -1.95. The number of Topliss-reactive ketones (excluding diaryl/α,β-unsaturated/α-hetero) is 1. The highest BCUT2D eigenvalue weighted by Crippen LogP contribution is 2.35. The first-order valence-electron chi connectivity index (χ1n) is 6.92. The molecule has 22 heavy (non-hydrogen) atoms. The third-order valence-electron chi connectivity index (χ3n) is 3.80. The van der Waals surface area contributed by atoms with Crippen molar-refractivity contribution in [1.82, 2.24) is 0 Å². The molecule has 0 aliphatic heterocycles. The van der Waals surface area contributed by atoms with Gasteiger partial charge in [0.1, 0.15) is 5.75 Å². The molecule has 1 aliphatic carbocycles. The molecule has 1 aliphatic rings. The molecule has 0 saturated carbocycles. The van der Waals surface area contributed by atoms with Crippen molar-refractivity contribution in [3.63, 3.8) is 0 Å². The van der Waals surface area contributed by atoms with E-state index in [4.69, 9.17) is 9.47 Å². The zero-order chi connectivity index (χ0) is 15.7. The largest absolute Gasteiger partial charge is 0.504 e. The number of hydrogen-bond donors (Lipinski definition) is 1. The Morgan fingerprint density at radius 1 is 1.09 bits per heavy atom. The standard InChI is InChI=1S/C18H16O4/c1-21-16-5-3-4-13-14(16)10-12(18(13)20)8-11-6-7-15(19)17(9-11)22-2/h3-9,19H,10H2,1-2H3. The van der Waals surface area contributed by atoms with Crippen molar-refractivity contribution in [2.75, 3.05) is 14.2 Å². The highest BCUT2D eigenvalue weighted by atomic mass is 16.5. The van der Waals surface area contributed by atoms with E-state index in [0.717, 1.165) is 16.9 Å². The van der Waals surface area contributed by atoms with Crippen molar-refractivity contribution in [2.24, 2.45) is 0 Å². The summed E-state index contributed by atoms with van der Waals surface area (Å²) in [4.78, 5) is 12.5. The van der Waals surface area contributed by atoms with Crippen molar-refractivity contribution in [2.45, 2.75) is 6.42 Å². The molecule has 1 N–H and O–H groups in total. The molecule has 0 fully saturated rings. The van der Waals surface area contributed by atoms with Crippen LogP contribution in [0.5, 0.6) is 17.2 Å². The van der Waals surface area contributed by atoms with E-state index >= 15 is 0 Å². The molecular formula is C18H16O4. The SMILES string of the molecule is COc1cc(C=C2Cc3c(OC)cccc3C2=O)ccc1O. The zero-order valence-electron chi connectivity index (χ0n) is 12.4. The van der Waals surface area contributed by atoms with E-state index in [1.165, 1.54) is 7.11 Å². The fourth-order valence-electron chi connectivity index (χ4n) is 2.70. The van der Waals surface area contributed by atoms with Gasteiger partial charge >= 0.3 is 0 Å². The molecule has 4 nitrogen and oxygen atoms in total. The predicted molar refractivity (Wildman–Crippen MR) is 83.7 cm³/mol. The smallest absolute Gasteiger partial charge is 0.189 e. The molecule has 0 heterocycles. The molecule has 0 amide bonds. The minimum atomic E-state index is 0.0148. The lowest BCUT2D eigenvalue weighted by Gasteiger charge is -2.05. The van der Waals surface area contributed by atoms with Crippen LogP contribution in [-0.4, -0.2) is 25.1 Å². The van der Waals surface area contributed by atoms with Gasteiger partial charge in [0.2, 0.25) is 0 Å². The molecule has 0 saturated heterocycles. The molecular weight excluding hydrogens is 280 g/mol. The summed E-state index contributed by atoms with van der Waals surface area (Å²) in [5.74, 6) is 1.21. The minimum absolute atomic E-state index is 0.0148. The van der Waals surface area contributed by atoms with Crippen molar-refractivity contribution < 1.29 is 19.4 Å². The molecule has 112 valence electrons. The van der Waals surface area contributed by atoms with Gasteiger partial charge < -0.3 is 14.6 Å². The number of ether oxygens (including phenoxy) is 2. The van der Waals surface area contributed by atoms with Crippen LogP contribution in [0.2, 0.25) is 0 Å².